The van der Waals surface area contributed by atoms with Gasteiger partial charge in [0.05, 0.1) is 11.0 Å². The number of nitrogens with two attached hydrogens (primary N) is 1. The molecule has 0 bridgehead atoms. The first kappa shape index (κ1) is 10.1. The van der Waals surface area contributed by atoms with Gasteiger partial charge in [0.15, 0.2) is 0 Å². The second-order valence-corrected chi connectivity index (χ2v) is 3.25. The lowest BCUT2D eigenvalue weighted by molar-refractivity contribution is 1.27. The Hall–Kier alpha value is -2.43. The van der Waals surface area contributed by atoms with Crippen molar-refractivity contribution in [2.45, 2.75) is 0 Å². The van der Waals surface area contributed by atoms with Crippen molar-refractivity contribution >= 4 is 22.8 Å². The summed E-state index contributed by atoms with van der Waals surface area (Å²) in [5.41, 5.74) is 7.78. The SMILES string of the molecule is N=C/C(=C\N)c1cnc2ccc(=O)[nH]c2c1. The first-order valence-corrected chi connectivity index (χ1v) is 4.66. The molecule has 2 aromatic rings. The molecule has 2 aromatic heterocycles. The molecule has 0 amide bonds. The molecule has 5 heteroatoms. The number of hydrogen-bond acceptors (Lipinski definition) is 4. The number of pyridine rings is 2. The van der Waals surface area contributed by atoms with E-state index in [0.717, 1.165) is 6.21 Å². The van der Waals surface area contributed by atoms with E-state index in [9.17, 15) is 4.79 Å². The first-order valence-electron chi connectivity index (χ1n) is 4.66. The molecule has 0 unspecified atom stereocenters. The Bertz CT molecular complexity index is 627. The zero-order chi connectivity index (χ0) is 11.5. The molecule has 16 heavy (non-hydrogen) atoms. The Morgan fingerprint density at radius 3 is 3.00 bits per heavy atom. The second kappa shape index (κ2) is 3.98. The number of H-pyrrole nitrogens is 1. The molecule has 0 aliphatic rings. The molecule has 80 valence electrons. The van der Waals surface area contributed by atoms with Gasteiger partial charge in [-0.1, -0.05) is 0 Å². The molecule has 0 atom stereocenters. The fourth-order valence-corrected chi connectivity index (χ4v) is 1.42. The number of aromatic amines is 1. The highest BCUT2D eigenvalue weighted by Gasteiger charge is 2.01. The molecule has 0 aromatic carbocycles. The predicted octanol–water partition coefficient (Wildman–Crippen LogP) is 0.872. The fourth-order valence-electron chi connectivity index (χ4n) is 1.42. The Morgan fingerprint density at radius 2 is 2.31 bits per heavy atom. The molecule has 0 spiro atoms. The Labute approximate surface area is 91.1 Å². The topological polar surface area (TPSA) is 95.6 Å². The van der Waals surface area contributed by atoms with Crippen LogP contribution in [0, 0.1) is 5.41 Å². The lowest BCUT2D eigenvalue weighted by atomic mass is 10.1. The van der Waals surface area contributed by atoms with Crippen LogP contribution in [0.4, 0.5) is 0 Å². The third-order valence-electron chi connectivity index (χ3n) is 2.24. The van der Waals surface area contributed by atoms with Crippen molar-refractivity contribution in [2.24, 2.45) is 5.73 Å². The van der Waals surface area contributed by atoms with Crippen molar-refractivity contribution in [2.75, 3.05) is 0 Å². The number of hydrogen-bond donors (Lipinski definition) is 3. The van der Waals surface area contributed by atoms with E-state index in [1.54, 1.807) is 18.3 Å². The third kappa shape index (κ3) is 1.70. The fraction of sp³-hybridized carbons (Fsp3) is 0. The summed E-state index contributed by atoms with van der Waals surface area (Å²) in [4.78, 5) is 18.0. The van der Waals surface area contributed by atoms with Gasteiger partial charge in [-0.2, -0.15) is 0 Å². The molecule has 2 rings (SSSR count). The van der Waals surface area contributed by atoms with Gasteiger partial charge >= 0.3 is 0 Å². The van der Waals surface area contributed by atoms with Crippen molar-refractivity contribution in [1.82, 2.24) is 9.97 Å². The van der Waals surface area contributed by atoms with Gasteiger partial charge in [0, 0.05) is 35.8 Å². The van der Waals surface area contributed by atoms with Gasteiger partial charge in [0.1, 0.15) is 0 Å². The lowest BCUT2D eigenvalue weighted by Crippen LogP contribution is -2.03. The van der Waals surface area contributed by atoms with Crippen LogP contribution in [0.1, 0.15) is 5.56 Å². The van der Waals surface area contributed by atoms with Gasteiger partial charge in [0.2, 0.25) is 5.56 Å². The molecule has 0 saturated heterocycles. The monoisotopic (exact) mass is 214 g/mol. The summed E-state index contributed by atoms with van der Waals surface area (Å²) < 4.78 is 0. The van der Waals surface area contributed by atoms with Crippen LogP contribution in [-0.2, 0) is 0 Å². The smallest absolute Gasteiger partial charge is 0.248 e. The van der Waals surface area contributed by atoms with Crippen molar-refractivity contribution in [3.63, 3.8) is 0 Å². The first-order chi connectivity index (χ1) is 7.74. The minimum atomic E-state index is -0.181. The maximum Gasteiger partial charge on any atom is 0.248 e. The molecular formula is C11H10N4O. The van der Waals surface area contributed by atoms with Crippen LogP contribution in [0.15, 0.2) is 35.4 Å². The van der Waals surface area contributed by atoms with E-state index >= 15 is 0 Å². The molecule has 5 nitrogen and oxygen atoms in total. The molecule has 0 aliphatic heterocycles. The highest BCUT2D eigenvalue weighted by Crippen LogP contribution is 2.14. The summed E-state index contributed by atoms with van der Waals surface area (Å²) in [5.74, 6) is 0. The van der Waals surface area contributed by atoms with Gasteiger partial charge in [-0.15, -0.1) is 0 Å². The van der Waals surface area contributed by atoms with Gasteiger partial charge < -0.3 is 16.1 Å². The van der Waals surface area contributed by atoms with Crippen LogP contribution < -0.4 is 11.3 Å². The summed E-state index contributed by atoms with van der Waals surface area (Å²) in [6, 6.07) is 4.81. The van der Waals surface area contributed by atoms with E-state index in [4.69, 9.17) is 11.1 Å². The quantitative estimate of drug-likeness (QED) is 0.647. The lowest BCUT2D eigenvalue weighted by Gasteiger charge is -2.02. The zero-order valence-corrected chi connectivity index (χ0v) is 8.40. The van der Waals surface area contributed by atoms with E-state index in [-0.39, 0.29) is 5.56 Å². The highest BCUT2D eigenvalue weighted by molar-refractivity contribution is 6.08. The standard InChI is InChI=1S/C11H10N4O/c12-4-8(5-13)7-3-10-9(14-6-7)1-2-11(16)15-10/h1-6,12H,13H2,(H,15,16)/b8-5+,12-4?. The van der Waals surface area contributed by atoms with Crippen LogP contribution in [0.2, 0.25) is 0 Å². The van der Waals surface area contributed by atoms with Crippen molar-refractivity contribution in [1.29, 1.82) is 5.41 Å². The Morgan fingerprint density at radius 1 is 1.50 bits per heavy atom. The van der Waals surface area contributed by atoms with Gasteiger partial charge in [0.25, 0.3) is 0 Å². The summed E-state index contributed by atoms with van der Waals surface area (Å²) in [5, 5.41) is 7.17. The Kier molecular flexibility index (Phi) is 2.51. The average Bonchev–Trinajstić information content (AvgIpc) is 2.30. The van der Waals surface area contributed by atoms with E-state index in [0.29, 0.717) is 22.2 Å². The normalized spacial score (nSPS) is 11.6. The van der Waals surface area contributed by atoms with Crippen LogP contribution >= 0.6 is 0 Å². The van der Waals surface area contributed by atoms with E-state index < -0.39 is 0 Å². The summed E-state index contributed by atoms with van der Waals surface area (Å²) in [6.07, 6.45) is 4.09. The largest absolute Gasteiger partial charge is 0.404 e. The van der Waals surface area contributed by atoms with E-state index in [1.165, 1.54) is 12.3 Å². The number of allylic oxidation sites excluding steroid dienone is 1. The number of rotatable bonds is 2. The molecule has 0 fully saturated rings. The van der Waals surface area contributed by atoms with E-state index in [2.05, 4.69) is 9.97 Å². The van der Waals surface area contributed by atoms with Crippen LogP contribution in [0.25, 0.3) is 16.6 Å². The highest BCUT2D eigenvalue weighted by atomic mass is 16.1. The van der Waals surface area contributed by atoms with Crippen molar-refractivity contribution in [3.05, 3.63) is 46.5 Å². The van der Waals surface area contributed by atoms with Crippen molar-refractivity contribution < 1.29 is 0 Å². The maximum atomic E-state index is 11.1. The maximum absolute atomic E-state index is 11.1. The number of nitrogens with one attached hydrogen (secondary N) is 2. The second-order valence-electron chi connectivity index (χ2n) is 3.25. The number of fused-ring (bicyclic) bond motifs is 1. The Balaban J connectivity index is 2.67. The van der Waals surface area contributed by atoms with Gasteiger partial charge in [-0.25, -0.2) is 0 Å². The van der Waals surface area contributed by atoms with Crippen LogP contribution in [0.3, 0.4) is 0 Å². The predicted molar refractivity (Wildman–Crippen MR) is 63.3 cm³/mol. The molecular weight excluding hydrogens is 204 g/mol. The minimum absolute atomic E-state index is 0.181. The van der Waals surface area contributed by atoms with E-state index in [1.807, 2.05) is 0 Å². The average molecular weight is 214 g/mol. The van der Waals surface area contributed by atoms with Gasteiger partial charge in [-0.05, 0) is 12.1 Å². The molecule has 0 aliphatic carbocycles. The minimum Gasteiger partial charge on any atom is -0.404 e. The van der Waals surface area contributed by atoms with Crippen molar-refractivity contribution in [3.8, 4) is 0 Å². The van der Waals surface area contributed by atoms with Gasteiger partial charge in [-0.3, -0.25) is 9.78 Å². The third-order valence-corrected chi connectivity index (χ3v) is 2.24. The zero-order valence-electron chi connectivity index (χ0n) is 8.40. The summed E-state index contributed by atoms with van der Waals surface area (Å²) >= 11 is 0. The summed E-state index contributed by atoms with van der Waals surface area (Å²) in [6.45, 7) is 0. The molecule has 0 radical (unpaired) electrons. The molecule has 2 heterocycles. The number of aromatic nitrogens is 2. The molecule has 4 N–H and O–H groups in total. The number of nitrogens with zero attached hydrogens (tertiary/aromatic N) is 1. The van der Waals surface area contributed by atoms with Crippen LogP contribution in [0.5, 0.6) is 0 Å². The van der Waals surface area contributed by atoms with Crippen LogP contribution in [-0.4, -0.2) is 16.2 Å². The summed E-state index contributed by atoms with van der Waals surface area (Å²) in [7, 11) is 0. The molecule has 0 saturated carbocycles.